The summed E-state index contributed by atoms with van der Waals surface area (Å²) in [6, 6.07) is 11.8. The van der Waals surface area contributed by atoms with Gasteiger partial charge in [0.2, 0.25) is 5.91 Å². The van der Waals surface area contributed by atoms with Gasteiger partial charge in [0.15, 0.2) is 0 Å². The molecule has 8 heteroatoms. The molecular formula is C16H13BrFN3O3. The predicted molar refractivity (Wildman–Crippen MR) is 90.8 cm³/mol. The van der Waals surface area contributed by atoms with E-state index in [1.54, 1.807) is 24.3 Å². The van der Waals surface area contributed by atoms with Gasteiger partial charge in [-0.2, -0.15) is 0 Å². The molecule has 0 spiro atoms. The van der Waals surface area contributed by atoms with Gasteiger partial charge in [-0.15, -0.1) is 0 Å². The van der Waals surface area contributed by atoms with Gasteiger partial charge in [0.25, 0.3) is 0 Å². The smallest absolute Gasteiger partial charge is 0.313 e. The molecule has 0 aromatic heterocycles. The van der Waals surface area contributed by atoms with E-state index in [-0.39, 0.29) is 6.54 Å². The maximum atomic E-state index is 12.8. The maximum absolute atomic E-state index is 12.8. The highest BCUT2D eigenvalue weighted by Gasteiger charge is 2.14. The minimum absolute atomic E-state index is 0.384. The molecule has 0 aliphatic carbocycles. The first-order valence-electron chi connectivity index (χ1n) is 6.84. The van der Waals surface area contributed by atoms with Gasteiger partial charge in [0.1, 0.15) is 5.82 Å². The third-order valence-electron chi connectivity index (χ3n) is 2.85. The predicted octanol–water partition coefficient (Wildman–Crippen LogP) is 2.28. The van der Waals surface area contributed by atoms with Crippen molar-refractivity contribution in [3.05, 3.63) is 58.8 Å². The Kier molecular flexibility index (Phi) is 6.02. The second-order valence-corrected chi connectivity index (χ2v) is 5.61. The summed E-state index contributed by atoms with van der Waals surface area (Å²) in [5, 5.41) is 7.06. The molecule has 0 saturated heterocycles. The van der Waals surface area contributed by atoms with Crippen molar-refractivity contribution in [1.82, 2.24) is 5.32 Å². The zero-order valence-corrected chi connectivity index (χ0v) is 13.9. The monoisotopic (exact) mass is 393 g/mol. The fourth-order valence-electron chi connectivity index (χ4n) is 1.70. The minimum Gasteiger partial charge on any atom is -0.339 e. The molecule has 0 fully saturated rings. The quantitative estimate of drug-likeness (QED) is 0.696. The van der Waals surface area contributed by atoms with Gasteiger partial charge in [-0.05, 0) is 48.5 Å². The number of rotatable bonds is 4. The Hall–Kier alpha value is -2.74. The second-order valence-electron chi connectivity index (χ2n) is 4.70. The van der Waals surface area contributed by atoms with Crippen molar-refractivity contribution in [2.75, 3.05) is 17.2 Å². The van der Waals surface area contributed by atoms with Crippen molar-refractivity contribution in [3.63, 3.8) is 0 Å². The molecule has 2 aromatic carbocycles. The van der Waals surface area contributed by atoms with Crippen LogP contribution < -0.4 is 16.0 Å². The summed E-state index contributed by atoms with van der Waals surface area (Å²) in [5.74, 6) is -2.78. The topological polar surface area (TPSA) is 87.3 Å². The van der Waals surface area contributed by atoms with Gasteiger partial charge >= 0.3 is 11.8 Å². The van der Waals surface area contributed by atoms with Crippen LogP contribution >= 0.6 is 15.9 Å². The average molecular weight is 394 g/mol. The van der Waals surface area contributed by atoms with Crippen molar-refractivity contribution in [2.45, 2.75) is 0 Å². The highest BCUT2D eigenvalue weighted by Crippen LogP contribution is 2.13. The fourth-order valence-corrected chi connectivity index (χ4v) is 1.96. The van der Waals surface area contributed by atoms with Gasteiger partial charge in [-0.25, -0.2) is 4.39 Å². The lowest BCUT2D eigenvalue weighted by Crippen LogP contribution is -2.39. The van der Waals surface area contributed by atoms with E-state index < -0.39 is 23.5 Å². The number of nitrogens with one attached hydrogen (secondary N) is 3. The molecule has 6 nitrogen and oxygen atoms in total. The van der Waals surface area contributed by atoms with Crippen LogP contribution in [0.4, 0.5) is 15.8 Å². The van der Waals surface area contributed by atoms with Crippen LogP contribution in [0.3, 0.4) is 0 Å². The molecule has 3 amide bonds. The van der Waals surface area contributed by atoms with Crippen LogP contribution in [0, 0.1) is 5.82 Å². The fraction of sp³-hybridized carbons (Fsp3) is 0.0625. The van der Waals surface area contributed by atoms with Crippen LogP contribution in [0.1, 0.15) is 0 Å². The molecule has 2 rings (SSSR count). The summed E-state index contributed by atoms with van der Waals surface area (Å²) in [4.78, 5) is 35.0. The van der Waals surface area contributed by atoms with E-state index in [0.717, 1.165) is 4.47 Å². The van der Waals surface area contributed by atoms with Crippen LogP contribution in [-0.4, -0.2) is 24.3 Å². The summed E-state index contributed by atoms with van der Waals surface area (Å²) in [7, 11) is 0. The lowest BCUT2D eigenvalue weighted by atomic mass is 10.3. The summed E-state index contributed by atoms with van der Waals surface area (Å²) in [5.41, 5.74) is 0.837. The molecule has 24 heavy (non-hydrogen) atoms. The van der Waals surface area contributed by atoms with E-state index in [2.05, 4.69) is 31.9 Å². The molecule has 0 radical (unpaired) electrons. The van der Waals surface area contributed by atoms with E-state index >= 15 is 0 Å². The van der Waals surface area contributed by atoms with Crippen LogP contribution in [0.2, 0.25) is 0 Å². The lowest BCUT2D eigenvalue weighted by Gasteiger charge is -2.07. The van der Waals surface area contributed by atoms with Crippen LogP contribution in [0.15, 0.2) is 53.0 Å². The first-order chi connectivity index (χ1) is 11.4. The van der Waals surface area contributed by atoms with Gasteiger partial charge in [-0.3, -0.25) is 14.4 Å². The number of carbonyl (C=O) groups is 3. The number of halogens is 2. The Morgan fingerprint density at radius 3 is 2.00 bits per heavy atom. The van der Waals surface area contributed by atoms with Crippen molar-refractivity contribution >= 4 is 45.0 Å². The Bertz CT molecular complexity index is 748. The maximum Gasteiger partial charge on any atom is 0.313 e. The molecule has 0 unspecified atom stereocenters. The molecular weight excluding hydrogens is 381 g/mol. The number of anilines is 2. The molecule has 0 bridgehead atoms. The third-order valence-corrected chi connectivity index (χ3v) is 3.37. The van der Waals surface area contributed by atoms with Crippen molar-refractivity contribution in [2.24, 2.45) is 0 Å². The number of benzene rings is 2. The number of amides is 3. The van der Waals surface area contributed by atoms with Gasteiger partial charge in [0.05, 0.1) is 6.54 Å². The third kappa shape index (κ3) is 5.47. The van der Waals surface area contributed by atoms with Gasteiger partial charge < -0.3 is 16.0 Å². The summed E-state index contributed by atoms with van der Waals surface area (Å²) in [6.07, 6.45) is 0. The van der Waals surface area contributed by atoms with E-state index in [4.69, 9.17) is 0 Å². The zero-order valence-electron chi connectivity index (χ0n) is 12.3. The Morgan fingerprint density at radius 2 is 1.38 bits per heavy atom. The summed E-state index contributed by atoms with van der Waals surface area (Å²) >= 11 is 3.26. The average Bonchev–Trinajstić information content (AvgIpc) is 2.57. The van der Waals surface area contributed by atoms with Gasteiger partial charge in [0, 0.05) is 15.8 Å². The lowest BCUT2D eigenvalue weighted by molar-refractivity contribution is -0.136. The molecule has 0 atom stereocenters. The van der Waals surface area contributed by atoms with E-state index in [1.807, 2.05) is 0 Å². The molecule has 0 aliphatic heterocycles. The largest absolute Gasteiger partial charge is 0.339 e. The normalized spacial score (nSPS) is 9.92. The SMILES string of the molecule is O=C(CNC(=O)C(=O)Nc1ccc(Br)cc1)Nc1ccc(F)cc1. The number of hydrogen-bond donors (Lipinski definition) is 3. The Balaban J connectivity index is 1.79. The van der Waals surface area contributed by atoms with E-state index in [9.17, 15) is 18.8 Å². The minimum atomic E-state index is -0.938. The molecule has 2 aromatic rings. The zero-order chi connectivity index (χ0) is 17.5. The Morgan fingerprint density at radius 1 is 0.833 bits per heavy atom. The molecule has 0 heterocycles. The van der Waals surface area contributed by atoms with Crippen LogP contribution in [-0.2, 0) is 14.4 Å². The van der Waals surface area contributed by atoms with Crippen LogP contribution in [0.5, 0.6) is 0 Å². The first kappa shape index (κ1) is 17.6. The van der Waals surface area contributed by atoms with Crippen molar-refractivity contribution < 1.29 is 18.8 Å². The van der Waals surface area contributed by atoms with E-state index in [1.165, 1.54) is 24.3 Å². The highest BCUT2D eigenvalue weighted by atomic mass is 79.9. The Labute approximate surface area is 145 Å². The van der Waals surface area contributed by atoms with Crippen LogP contribution in [0.25, 0.3) is 0 Å². The number of hydrogen-bond acceptors (Lipinski definition) is 3. The molecule has 0 aliphatic rings. The number of carbonyl (C=O) groups excluding carboxylic acids is 3. The summed E-state index contributed by atoms with van der Waals surface area (Å²) in [6.45, 7) is -0.385. The van der Waals surface area contributed by atoms with Gasteiger partial charge in [-0.1, -0.05) is 15.9 Å². The summed E-state index contributed by atoms with van der Waals surface area (Å²) < 4.78 is 13.6. The molecule has 124 valence electrons. The van der Waals surface area contributed by atoms with Crippen molar-refractivity contribution in [3.8, 4) is 0 Å². The molecule has 0 saturated carbocycles. The van der Waals surface area contributed by atoms with E-state index in [0.29, 0.717) is 11.4 Å². The van der Waals surface area contributed by atoms with Crippen molar-refractivity contribution in [1.29, 1.82) is 0 Å². The molecule has 3 N–H and O–H groups in total. The highest BCUT2D eigenvalue weighted by molar-refractivity contribution is 9.10. The first-order valence-corrected chi connectivity index (χ1v) is 7.63. The standard InChI is InChI=1S/C16H13BrFN3O3/c17-10-1-5-13(6-2-10)21-16(24)15(23)19-9-14(22)20-12-7-3-11(18)4-8-12/h1-8H,9H2,(H,19,23)(H,20,22)(H,21,24). The second kappa shape index (κ2) is 8.21.